The van der Waals surface area contributed by atoms with Gasteiger partial charge in [-0.2, -0.15) is 0 Å². The topological polar surface area (TPSA) is 47.6 Å². The van der Waals surface area contributed by atoms with Gasteiger partial charge in [-0.15, -0.1) is 0 Å². The molecule has 0 saturated heterocycles. The third-order valence-corrected chi connectivity index (χ3v) is 4.32. The Morgan fingerprint density at radius 2 is 1.74 bits per heavy atom. The maximum absolute atomic E-state index is 11.8. The summed E-state index contributed by atoms with van der Waals surface area (Å²) in [6.07, 6.45) is 0.967. The number of carbonyl (C=O) groups excluding carboxylic acids is 1. The Hall–Kier alpha value is -3.01. The van der Waals surface area contributed by atoms with E-state index in [0.717, 1.165) is 23.4 Å². The number of hydrogen-bond donors (Lipinski definition) is 1. The maximum atomic E-state index is 11.8. The van der Waals surface area contributed by atoms with Crippen LogP contribution in [0.25, 0.3) is 10.8 Å². The van der Waals surface area contributed by atoms with E-state index in [4.69, 9.17) is 9.47 Å². The summed E-state index contributed by atoms with van der Waals surface area (Å²) in [5.41, 5.74) is 2.63. The van der Waals surface area contributed by atoms with Crippen LogP contribution in [0.3, 0.4) is 0 Å². The number of nitrogens with one attached hydrogen (secondary N) is 1. The van der Waals surface area contributed by atoms with Gasteiger partial charge in [0.2, 0.25) is 0 Å². The summed E-state index contributed by atoms with van der Waals surface area (Å²) in [5.74, 6) is 0.611. The highest BCUT2D eigenvalue weighted by Crippen LogP contribution is 2.29. The Balaban J connectivity index is 1.80. The van der Waals surface area contributed by atoms with Gasteiger partial charge in [0, 0.05) is 17.8 Å². The van der Waals surface area contributed by atoms with E-state index in [-0.39, 0.29) is 5.97 Å². The summed E-state index contributed by atoms with van der Waals surface area (Å²) in [6, 6.07) is 19.8. The second-order valence-corrected chi connectivity index (χ2v) is 6.26. The molecule has 4 nitrogen and oxygen atoms in total. The molecule has 3 aromatic rings. The molecule has 0 aromatic heterocycles. The van der Waals surface area contributed by atoms with Crippen molar-refractivity contribution in [2.24, 2.45) is 0 Å². The average molecular weight is 363 g/mol. The van der Waals surface area contributed by atoms with Crippen LogP contribution in [0.1, 0.15) is 36.2 Å². The molecule has 0 unspecified atom stereocenters. The van der Waals surface area contributed by atoms with Crippen LogP contribution >= 0.6 is 0 Å². The van der Waals surface area contributed by atoms with Crippen molar-refractivity contribution >= 4 is 22.4 Å². The van der Waals surface area contributed by atoms with Gasteiger partial charge in [-0.1, -0.05) is 37.3 Å². The molecule has 0 aliphatic rings. The van der Waals surface area contributed by atoms with Crippen molar-refractivity contribution in [1.29, 1.82) is 0 Å². The Morgan fingerprint density at radius 3 is 2.48 bits per heavy atom. The van der Waals surface area contributed by atoms with Crippen LogP contribution in [0, 0.1) is 0 Å². The van der Waals surface area contributed by atoms with Crippen molar-refractivity contribution in [3.8, 4) is 5.75 Å². The van der Waals surface area contributed by atoms with Crippen LogP contribution in [0.2, 0.25) is 0 Å². The molecule has 4 heteroatoms. The highest BCUT2D eigenvalue weighted by molar-refractivity contribution is 5.90. The van der Waals surface area contributed by atoms with Crippen LogP contribution in [0.5, 0.6) is 5.75 Å². The third kappa shape index (κ3) is 4.59. The number of benzene rings is 3. The fraction of sp³-hybridized carbons (Fsp3) is 0.261. The molecule has 0 heterocycles. The van der Waals surface area contributed by atoms with Crippen LogP contribution in [0.15, 0.2) is 60.7 Å². The minimum absolute atomic E-state index is 0.298. The summed E-state index contributed by atoms with van der Waals surface area (Å²) in [7, 11) is 0. The van der Waals surface area contributed by atoms with Gasteiger partial charge in [-0.3, -0.25) is 0 Å². The van der Waals surface area contributed by atoms with Crippen LogP contribution < -0.4 is 10.1 Å². The van der Waals surface area contributed by atoms with Crippen molar-refractivity contribution in [2.75, 3.05) is 18.5 Å². The number of ether oxygens (including phenoxy) is 2. The van der Waals surface area contributed by atoms with E-state index >= 15 is 0 Å². The van der Waals surface area contributed by atoms with E-state index < -0.39 is 0 Å². The zero-order valence-corrected chi connectivity index (χ0v) is 15.8. The summed E-state index contributed by atoms with van der Waals surface area (Å²) in [6.45, 7) is 5.61. The number of carbonyl (C=O) groups is 1. The average Bonchev–Trinajstić information content (AvgIpc) is 2.71. The SMILES string of the molecule is CCCOc1ccc2ccccc2c1CNc1ccc(C(=O)OCC)cc1. The molecule has 0 aliphatic carbocycles. The molecular formula is C23H25NO3. The van der Waals surface area contributed by atoms with Crippen LogP contribution in [-0.4, -0.2) is 19.2 Å². The molecule has 140 valence electrons. The quantitative estimate of drug-likeness (QED) is 0.543. The lowest BCUT2D eigenvalue weighted by Gasteiger charge is -2.15. The molecule has 0 spiro atoms. The first kappa shape index (κ1) is 18.8. The third-order valence-electron chi connectivity index (χ3n) is 4.32. The molecule has 0 fully saturated rings. The summed E-state index contributed by atoms with van der Waals surface area (Å²) in [5, 5.41) is 5.81. The second-order valence-electron chi connectivity index (χ2n) is 6.26. The predicted octanol–water partition coefficient (Wildman–Crippen LogP) is 5.42. The summed E-state index contributed by atoms with van der Waals surface area (Å²) < 4.78 is 11.0. The van der Waals surface area contributed by atoms with Crippen molar-refractivity contribution in [3.63, 3.8) is 0 Å². The monoisotopic (exact) mass is 363 g/mol. The lowest BCUT2D eigenvalue weighted by atomic mass is 10.0. The molecule has 1 N–H and O–H groups in total. The van der Waals surface area contributed by atoms with E-state index in [1.54, 1.807) is 19.1 Å². The van der Waals surface area contributed by atoms with Gasteiger partial charge in [0.05, 0.1) is 18.8 Å². The zero-order valence-electron chi connectivity index (χ0n) is 15.8. The summed E-state index contributed by atoms with van der Waals surface area (Å²) >= 11 is 0. The molecule has 0 atom stereocenters. The Bertz CT molecular complexity index is 903. The minimum Gasteiger partial charge on any atom is -0.493 e. The van der Waals surface area contributed by atoms with E-state index in [1.807, 2.05) is 30.3 Å². The molecular weight excluding hydrogens is 338 g/mol. The Kier molecular flexibility index (Phi) is 6.31. The molecule has 3 aromatic carbocycles. The van der Waals surface area contributed by atoms with Gasteiger partial charge < -0.3 is 14.8 Å². The highest BCUT2D eigenvalue weighted by atomic mass is 16.5. The van der Waals surface area contributed by atoms with E-state index in [9.17, 15) is 4.79 Å². The van der Waals surface area contributed by atoms with Gasteiger partial charge >= 0.3 is 5.97 Å². The van der Waals surface area contributed by atoms with E-state index in [2.05, 4.69) is 30.4 Å². The van der Waals surface area contributed by atoms with Crippen molar-refractivity contribution in [1.82, 2.24) is 0 Å². The van der Waals surface area contributed by atoms with Gasteiger partial charge in [0.1, 0.15) is 5.75 Å². The maximum Gasteiger partial charge on any atom is 0.338 e. The first-order valence-electron chi connectivity index (χ1n) is 9.37. The van der Waals surface area contributed by atoms with Crippen LogP contribution in [0.4, 0.5) is 5.69 Å². The lowest BCUT2D eigenvalue weighted by Crippen LogP contribution is -2.06. The molecule has 0 aliphatic heterocycles. The van der Waals surface area contributed by atoms with E-state index in [1.165, 1.54) is 10.8 Å². The Morgan fingerprint density at radius 1 is 0.963 bits per heavy atom. The zero-order chi connectivity index (χ0) is 19.1. The number of rotatable bonds is 8. The second kappa shape index (κ2) is 9.08. The number of hydrogen-bond acceptors (Lipinski definition) is 4. The van der Waals surface area contributed by atoms with Gasteiger partial charge in [-0.05, 0) is 54.4 Å². The lowest BCUT2D eigenvalue weighted by molar-refractivity contribution is 0.0526. The minimum atomic E-state index is -0.298. The standard InChI is InChI=1S/C23H25NO3/c1-3-15-27-22-14-11-17-7-5-6-8-20(17)21(22)16-24-19-12-9-18(10-13-19)23(25)26-4-2/h5-14,24H,3-4,15-16H2,1-2H3. The highest BCUT2D eigenvalue weighted by Gasteiger charge is 2.10. The van der Waals surface area contributed by atoms with Crippen LogP contribution in [-0.2, 0) is 11.3 Å². The smallest absolute Gasteiger partial charge is 0.338 e. The molecule has 0 radical (unpaired) electrons. The number of esters is 1. The fourth-order valence-electron chi connectivity index (χ4n) is 2.97. The van der Waals surface area contributed by atoms with Gasteiger partial charge in [-0.25, -0.2) is 4.79 Å². The number of anilines is 1. The predicted molar refractivity (Wildman–Crippen MR) is 109 cm³/mol. The molecule has 27 heavy (non-hydrogen) atoms. The van der Waals surface area contributed by atoms with Gasteiger partial charge in [0.15, 0.2) is 0 Å². The summed E-state index contributed by atoms with van der Waals surface area (Å²) in [4.78, 5) is 11.8. The molecule has 0 saturated carbocycles. The van der Waals surface area contributed by atoms with Gasteiger partial charge in [0.25, 0.3) is 0 Å². The number of fused-ring (bicyclic) bond motifs is 1. The fourth-order valence-corrected chi connectivity index (χ4v) is 2.97. The first-order chi connectivity index (χ1) is 13.2. The van der Waals surface area contributed by atoms with Crippen molar-refractivity contribution < 1.29 is 14.3 Å². The first-order valence-corrected chi connectivity index (χ1v) is 9.37. The van der Waals surface area contributed by atoms with Crippen molar-refractivity contribution in [2.45, 2.75) is 26.8 Å². The molecule has 0 bridgehead atoms. The largest absolute Gasteiger partial charge is 0.493 e. The van der Waals surface area contributed by atoms with Crippen molar-refractivity contribution in [3.05, 3.63) is 71.8 Å². The van der Waals surface area contributed by atoms with E-state index in [0.29, 0.717) is 25.3 Å². The normalized spacial score (nSPS) is 10.6. The Labute approximate surface area is 160 Å². The molecule has 0 amide bonds. The molecule has 3 rings (SSSR count).